The maximum absolute atomic E-state index is 10.2. The second-order valence-electron chi connectivity index (χ2n) is 2.52. The van der Waals surface area contributed by atoms with E-state index in [1.54, 1.807) is 12.1 Å². The van der Waals surface area contributed by atoms with Gasteiger partial charge in [0.25, 0.3) is 5.56 Å². The highest BCUT2D eigenvalue weighted by molar-refractivity contribution is 6.41. The number of halogens is 2. The summed E-state index contributed by atoms with van der Waals surface area (Å²) in [6, 6.07) is 7.19. The van der Waals surface area contributed by atoms with Crippen molar-refractivity contribution in [2.24, 2.45) is 0 Å². The lowest BCUT2D eigenvalue weighted by molar-refractivity contribution is 1.14. The van der Waals surface area contributed by atoms with Gasteiger partial charge in [-0.15, -0.1) is 0 Å². The van der Waals surface area contributed by atoms with Crippen molar-refractivity contribution in [1.82, 2.24) is 9.97 Å². The Bertz CT molecular complexity index is 432. The first-order valence-electron chi connectivity index (χ1n) is 4.09. The average molecular weight is 243 g/mol. The third-order valence-corrected chi connectivity index (χ3v) is 2.16. The molecule has 1 N–H and O–H groups in total. The van der Waals surface area contributed by atoms with Gasteiger partial charge in [-0.3, -0.25) is 9.78 Å². The molecule has 78 valence electrons. The largest absolute Gasteiger partial charge is 0.326 e. The number of aromatic nitrogens is 2. The number of hydrogen-bond donors (Lipinski definition) is 1. The number of rotatable bonds is 0. The van der Waals surface area contributed by atoms with E-state index in [2.05, 4.69) is 9.97 Å². The molecule has 1 aromatic carbocycles. The highest BCUT2D eigenvalue weighted by Gasteiger charge is 1.89. The van der Waals surface area contributed by atoms with E-state index in [-0.39, 0.29) is 5.56 Å². The van der Waals surface area contributed by atoms with Gasteiger partial charge in [0, 0.05) is 12.4 Å². The fourth-order valence-corrected chi connectivity index (χ4v) is 1.02. The van der Waals surface area contributed by atoms with Crippen LogP contribution in [0.3, 0.4) is 0 Å². The molecule has 2 aromatic rings. The molecule has 15 heavy (non-hydrogen) atoms. The minimum atomic E-state index is -0.164. The molecule has 0 bridgehead atoms. The van der Waals surface area contributed by atoms with Gasteiger partial charge in [0.15, 0.2) is 0 Å². The summed E-state index contributed by atoms with van der Waals surface area (Å²) in [7, 11) is 0. The Morgan fingerprint density at radius 1 is 1.13 bits per heavy atom. The minimum Gasteiger partial charge on any atom is -0.326 e. The summed E-state index contributed by atoms with van der Waals surface area (Å²) >= 11 is 11.2. The Hall–Kier alpha value is -1.32. The summed E-state index contributed by atoms with van der Waals surface area (Å²) in [5, 5.41) is 1.21. The molecule has 3 nitrogen and oxygen atoms in total. The lowest BCUT2D eigenvalue weighted by Gasteiger charge is -1.88. The third kappa shape index (κ3) is 4.63. The predicted octanol–water partition coefficient (Wildman–Crippen LogP) is 2.76. The summed E-state index contributed by atoms with van der Waals surface area (Å²) in [5.41, 5.74) is -0.164. The van der Waals surface area contributed by atoms with Gasteiger partial charge in [-0.1, -0.05) is 35.3 Å². The third-order valence-electron chi connectivity index (χ3n) is 1.40. The molecule has 0 spiro atoms. The van der Waals surface area contributed by atoms with E-state index in [9.17, 15) is 4.79 Å². The molecule has 0 aliphatic rings. The Morgan fingerprint density at radius 3 is 2.00 bits per heavy atom. The number of aromatic amines is 1. The summed E-state index contributed by atoms with van der Waals surface area (Å²) < 4.78 is 0. The Balaban J connectivity index is 0.000000151. The van der Waals surface area contributed by atoms with E-state index in [4.69, 9.17) is 23.2 Å². The van der Waals surface area contributed by atoms with Crippen LogP contribution in [0.5, 0.6) is 0 Å². The van der Waals surface area contributed by atoms with Gasteiger partial charge >= 0.3 is 0 Å². The smallest absolute Gasteiger partial charge is 0.266 e. The van der Waals surface area contributed by atoms with Crippen LogP contribution in [-0.2, 0) is 0 Å². The van der Waals surface area contributed by atoms with Crippen molar-refractivity contribution < 1.29 is 0 Å². The zero-order valence-corrected chi connectivity index (χ0v) is 9.16. The van der Waals surface area contributed by atoms with E-state index in [1.165, 1.54) is 18.6 Å². The number of nitrogens with one attached hydrogen (secondary N) is 1. The van der Waals surface area contributed by atoms with Gasteiger partial charge < -0.3 is 4.98 Å². The normalized spacial score (nSPS) is 8.93. The molecule has 0 radical (unpaired) electrons. The van der Waals surface area contributed by atoms with E-state index in [0.717, 1.165) is 0 Å². The van der Waals surface area contributed by atoms with E-state index < -0.39 is 0 Å². The second kappa shape index (κ2) is 6.22. The first kappa shape index (κ1) is 11.8. The van der Waals surface area contributed by atoms with Gasteiger partial charge in [-0.05, 0) is 12.1 Å². The van der Waals surface area contributed by atoms with Crippen molar-refractivity contribution in [2.45, 2.75) is 0 Å². The van der Waals surface area contributed by atoms with Crippen molar-refractivity contribution in [3.63, 3.8) is 0 Å². The van der Waals surface area contributed by atoms with Crippen LogP contribution in [0.2, 0.25) is 10.0 Å². The molecule has 0 saturated carbocycles. The summed E-state index contributed by atoms with van der Waals surface area (Å²) in [6.07, 6.45) is 4.23. The Morgan fingerprint density at radius 2 is 1.73 bits per heavy atom. The topological polar surface area (TPSA) is 45.8 Å². The maximum atomic E-state index is 10.2. The fraction of sp³-hybridized carbons (Fsp3) is 0. The fourth-order valence-electron chi connectivity index (χ4n) is 0.750. The standard InChI is InChI=1S/C6H4Cl2.C4H4N2O/c7-5-3-1-2-4-6(5)8;7-4-3-5-1-2-6-4/h1-4H;1-3H,(H,6,7). The van der Waals surface area contributed by atoms with Crippen LogP contribution in [0.4, 0.5) is 0 Å². The van der Waals surface area contributed by atoms with Crippen LogP contribution in [0.15, 0.2) is 47.7 Å². The lowest BCUT2D eigenvalue weighted by atomic mass is 10.4. The molecule has 5 heteroatoms. The molecule has 0 aliphatic carbocycles. The monoisotopic (exact) mass is 242 g/mol. The lowest BCUT2D eigenvalue weighted by Crippen LogP contribution is -2.01. The van der Waals surface area contributed by atoms with Crippen molar-refractivity contribution in [2.75, 3.05) is 0 Å². The van der Waals surface area contributed by atoms with Crippen LogP contribution < -0.4 is 5.56 Å². The van der Waals surface area contributed by atoms with Crippen LogP contribution in [0, 0.1) is 0 Å². The Labute approximate surface area is 96.7 Å². The molecule has 1 aromatic heterocycles. The first-order chi connectivity index (χ1) is 7.20. The van der Waals surface area contributed by atoms with E-state index in [0.29, 0.717) is 10.0 Å². The van der Waals surface area contributed by atoms with Gasteiger partial charge in [0.05, 0.1) is 16.2 Å². The van der Waals surface area contributed by atoms with Gasteiger partial charge in [-0.25, -0.2) is 0 Å². The van der Waals surface area contributed by atoms with E-state index in [1.807, 2.05) is 12.1 Å². The molecule has 0 unspecified atom stereocenters. The zero-order chi connectivity index (χ0) is 11.1. The first-order valence-corrected chi connectivity index (χ1v) is 4.84. The van der Waals surface area contributed by atoms with Crippen LogP contribution in [0.1, 0.15) is 0 Å². The van der Waals surface area contributed by atoms with Crippen LogP contribution >= 0.6 is 23.2 Å². The van der Waals surface area contributed by atoms with Gasteiger partial charge in [0.2, 0.25) is 0 Å². The zero-order valence-electron chi connectivity index (χ0n) is 7.65. The summed E-state index contributed by atoms with van der Waals surface area (Å²) in [6.45, 7) is 0. The predicted molar refractivity (Wildman–Crippen MR) is 61.3 cm³/mol. The van der Waals surface area contributed by atoms with Gasteiger partial charge in [0.1, 0.15) is 0 Å². The number of hydrogen-bond acceptors (Lipinski definition) is 2. The van der Waals surface area contributed by atoms with Crippen LogP contribution in [0.25, 0.3) is 0 Å². The van der Waals surface area contributed by atoms with Gasteiger partial charge in [-0.2, -0.15) is 0 Å². The maximum Gasteiger partial charge on any atom is 0.266 e. The molecule has 0 saturated heterocycles. The molecule has 0 aliphatic heterocycles. The molecular formula is C10H8Cl2N2O. The van der Waals surface area contributed by atoms with Crippen molar-refractivity contribution in [3.8, 4) is 0 Å². The van der Waals surface area contributed by atoms with Crippen molar-refractivity contribution in [3.05, 3.63) is 63.3 Å². The quantitative estimate of drug-likeness (QED) is 0.773. The number of benzene rings is 1. The summed E-state index contributed by atoms with van der Waals surface area (Å²) in [4.78, 5) is 16.1. The van der Waals surface area contributed by atoms with Crippen molar-refractivity contribution >= 4 is 23.2 Å². The molecule has 2 rings (SSSR count). The van der Waals surface area contributed by atoms with E-state index >= 15 is 0 Å². The average Bonchev–Trinajstić information content (AvgIpc) is 2.25. The molecule has 0 fully saturated rings. The molecule has 0 amide bonds. The minimum absolute atomic E-state index is 0.164. The highest BCUT2D eigenvalue weighted by atomic mass is 35.5. The second-order valence-corrected chi connectivity index (χ2v) is 3.33. The van der Waals surface area contributed by atoms with Crippen LogP contribution in [-0.4, -0.2) is 9.97 Å². The number of H-pyrrole nitrogens is 1. The number of nitrogens with zero attached hydrogens (tertiary/aromatic N) is 1. The van der Waals surface area contributed by atoms with Crippen molar-refractivity contribution in [1.29, 1.82) is 0 Å². The SMILES string of the molecule is Clc1ccccc1Cl.O=c1cncc[nH]1. The highest BCUT2D eigenvalue weighted by Crippen LogP contribution is 2.19. The molecule has 0 atom stereocenters. The molecule has 1 heterocycles. The Kier molecular flexibility index (Phi) is 4.87. The molecular weight excluding hydrogens is 235 g/mol. The summed E-state index contributed by atoms with van der Waals surface area (Å²) in [5.74, 6) is 0.